The Morgan fingerprint density at radius 1 is 1.54 bits per heavy atom. The van der Waals surface area contributed by atoms with Gasteiger partial charge in [-0.05, 0) is 5.92 Å². The number of nitrogen functional groups attached to an aromatic ring is 1. The SMILES string of the molecule is CC(C)c1c(N)ncnc1C(=O)O. The first-order valence-corrected chi connectivity index (χ1v) is 3.87. The number of hydrogen-bond donors (Lipinski definition) is 2. The molecule has 0 radical (unpaired) electrons. The molecule has 1 rings (SSSR count). The molecule has 0 aliphatic carbocycles. The van der Waals surface area contributed by atoms with Crippen molar-refractivity contribution in [3.8, 4) is 0 Å². The van der Waals surface area contributed by atoms with Crippen molar-refractivity contribution in [2.24, 2.45) is 0 Å². The van der Waals surface area contributed by atoms with E-state index in [0.717, 1.165) is 6.33 Å². The van der Waals surface area contributed by atoms with Gasteiger partial charge in [0, 0.05) is 5.56 Å². The normalized spacial score (nSPS) is 10.4. The van der Waals surface area contributed by atoms with E-state index in [2.05, 4.69) is 9.97 Å². The van der Waals surface area contributed by atoms with Gasteiger partial charge in [-0.3, -0.25) is 0 Å². The van der Waals surface area contributed by atoms with Crippen LogP contribution in [0, 0.1) is 0 Å². The van der Waals surface area contributed by atoms with E-state index in [9.17, 15) is 4.79 Å². The average Bonchev–Trinajstić information content (AvgIpc) is 2.02. The molecule has 0 amide bonds. The van der Waals surface area contributed by atoms with E-state index in [1.165, 1.54) is 0 Å². The summed E-state index contributed by atoms with van der Waals surface area (Å²) >= 11 is 0. The minimum atomic E-state index is -1.07. The maximum Gasteiger partial charge on any atom is 0.354 e. The Morgan fingerprint density at radius 2 is 2.15 bits per heavy atom. The second kappa shape index (κ2) is 3.38. The summed E-state index contributed by atoms with van der Waals surface area (Å²) in [5.41, 5.74) is 6.03. The molecule has 0 aliphatic rings. The van der Waals surface area contributed by atoms with Crippen LogP contribution in [0.5, 0.6) is 0 Å². The summed E-state index contributed by atoms with van der Waals surface area (Å²) in [4.78, 5) is 18.1. The second-order valence-electron chi connectivity index (χ2n) is 2.98. The largest absolute Gasteiger partial charge is 0.476 e. The molecule has 0 bridgehead atoms. The maximum atomic E-state index is 10.7. The summed E-state index contributed by atoms with van der Waals surface area (Å²) in [6.45, 7) is 3.70. The Bertz CT molecular complexity index is 336. The van der Waals surface area contributed by atoms with Crippen molar-refractivity contribution in [3.63, 3.8) is 0 Å². The molecule has 0 saturated heterocycles. The number of nitrogens with zero attached hydrogens (tertiary/aromatic N) is 2. The number of anilines is 1. The Kier molecular flexibility index (Phi) is 2.46. The molecule has 5 nitrogen and oxygen atoms in total. The summed E-state index contributed by atoms with van der Waals surface area (Å²) in [6.07, 6.45) is 1.16. The van der Waals surface area contributed by atoms with Gasteiger partial charge < -0.3 is 10.8 Å². The van der Waals surface area contributed by atoms with E-state index in [1.807, 2.05) is 13.8 Å². The highest BCUT2D eigenvalue weighted by molar-refractivity contribution is 5.88. The van der Waals surface area contributed by atoms with Crippen molar-refractivity contribution >= 4 is 11.8 Å². The lowest BCUT2D eigenvalue weighted by molar-refractivity contribution is 0.0688. The standard InChI is InChI=1S/C8H11N3O2/c1-4(2)5-6(8(12)13)10-3-11-7(5)9/h3-4H,1-2H3,(H,12,13)(H2,9,10,11). The molecular weight excluding hydrogens is 170 g/mol. The topological polar surface area (TPSA) is 89.1 Å². The van der Waals surface area contributed by atoms with Crippen LogP contribution in [0.15, 0.2) is 6.33 Å². The molecule has 0 spiro atoms. The number of aromatic nitrogens is 2. The van der Waals surface area contributed by atoms with Crippen molar-refractivity contribution in [2.45, 2.75) is 19.8 Å². The second-order valence-corrected chi connectivity index (χ2v) is 2.98. The van der Waals surface area contributed by atoms with E-state index in [-0.39, 0.29) is 17.4 Å². The van der Waals surface area contributed by atoms with Crippen molar-refractivity contribution in [1.29, 1.82) is 0 Å². The molecule has 70 valence electrons. The number of rotatable bonds is 2. The fourth-order valence-corrected chi connectivity index (χ4v) is 1.15. The number of carboxylic acids is 1. The first-order chi connectivity index (χ1) is 6.04. The number of hydrogen-bond acceptors (Lipinski definition) is 4. The monoisotopic (exact) mass is 181 g/mol. The van der Waals surface area contributed by atoms with E-state index < -0.39 is 5.97 Å². The number of nitrogens with two attached hydrogens (primary N) is 1. The molecule has 0 atom stereocenters. The van der Waals surface area contributed by atoms with Gasteiger partial charge in [0.2, 0.25) is 0 Å². The lowest BCUT2D eigenvalue weighted by Crippen LogP contribution is -2.11. The minimum absolute atomic E-state index is 0.00676. The molecule has 3 N–H and O–H groups in total. The average molecular weight is 181 g/mol. The third-order valence-corrected chi connectivity index (χ3v) is 1.69. The summed E-state index contributed by atoms with van der Waals surface area (Å²) in [5, 5.41) is 8.79. The van der Waals surface area contributed by atoms with Gasteiger partial charge in [-0.2, -0.15) is 0 Å². The summed E-state index contributed by atoms with van der Waals surface area (Å²) in [7, 11) is 0. The van der Waals surface area contributed by atoms with E-state index in [1.54, 1.807) is 0 Å². The summed E-state index contributed by atoms with van der Waals surface area (Å²) in [5.74, 6) is -0.826. The van der Waals surface area contributed by atoms with Gasteiger partial charge in [-0.25, -0.2) is 14.8 Å². The van der Waals surface area contributed by atoms with Gasteiger partial charge in [0.25, 0.3) is 0 Å². The number of carboxylic acid groups (broad SMARTS) is 1. The van der Waals surface area contributed by atoms with Gasteiger partial charge in [-0.1, -0.05) is 13.8 Å². The van der Waals surface area contributed by atoms with Gasteiger partial charge in [-0.15, -0.1) is 0 Å². The minimum Gasteiger partial charge on any atom is -0.476 e. The van der Waals surface area contributed by atoms with Gasteiger partial charge in [0.05, 0.1) is 0 Å². The van der Waals surface area contributed by atoms with Crippen LogP contribution < -0.4 is 5.73 Å². The van der Waals surface area contributed by atoms with Crippen LogP contribution >= 0.6 is 0 Å². The van der Waals surface area contributed by atoms with Gasteiger partial charge in [0.1, 0.15) is 12.1 Å². The fraction of sp³-hybridized carbons (Fsp3) is 0.375. The van der Waals surface area contributed by atoms with Crippen LogP contribution in [-0.4, -0.2) is 21.0 Å². The van der Waals surface area contributed by atoms with Crippen molar-refractivity contribution < 1.29 is 9.90 Å². The van der Waals surface area contributed by atoms with Crippen LogP contribution in [0.3, 0.4) is 0 Å². The highest BCUT2D eigenvalue weighted by Crippen LogP contribution is 2.22. The fourth-order valence-electron chi connectivity index (χ4n) is 1.15. The van der Waals surface area contributed by atoms with Crippen LogP contribution in [0.4, 0.5) is 5.82 Å². The predicted molar refractivity (Wildman–Crippen MR) is 47.5 cm³/mol. The molecule has 1 aromatic heterocycles. The highest BCUT2D eigenvalue weighted by Gasteiger charge is 2.17. The lowest BCUT2D eigenvalue weighted by Gasteiger charge is -2.09. The molecule has 0 aromatic carbocycles. The predicted octanol–water partition coefficient (Wildman–Crippen LogP) is 0.880. The third-order valence-electron chi connectivity index (χ3n) is 1.69. The smallest absolute Gasteiger partial charge is 0.354 e. The zero-order chi connectivity index (χ0) is 10.0. The first-order valence-electron chi connectivity index (χ1n) is 3.87. The molecule has 0 aliphatic heterocycles. The Balaban J connectivity index is 3.34. The zero-order valence-corrected chi connectivity index (χ0v) is 7.48. The van der Waals surface area contributed by atoms with E-state index in [4.69, 9.17) is 10.8 Å². The summed E-state index contributed by atoms with van der Waals surface area (Å²) < 4.78 is 0. The number of aromatic carboxylic acids is 1. The molecule has 0 fully saturated rings. The van der Waals surface area contributed by atoms with Gasteiger partial charge >= 0.3 is 5.97 Å². The van der Waals surface area contributed by atoms with Crippen molar-refractivity contribution in [1.82, 2.24) is 9.97 Å². The lowest BCUT2D eigenvalue weighted by atomic mass is 10.0. The van der Waals surface area contributed by atoms with Crippen LogP contribution in [0.2, 0.25) is 0 Å². The summed E-state index contributed by atoms with van der Waals surface area (Å²) in [6, 6.07) is 0. The highest BCUT2D eigenvalue weighted by atomic mass is 16.4. The molecule has 0 unspecified atom stereocenters. The first kappa shape index (κ1) is 9.44. The Morgan fingerprint density at radius 3 is 2.54 bits per heavy atom. The van der Waals surface area contributed by atoms with E-state index in [0.29, 0.717) is 5.56 Å². The number of carbonyl (C=O) groups is 1. The van der Waals surface area contributed by atoms with Gasteiger partial charge in [0.15, 0.2) is 5.69 Å². The molecule has 1 heterocycles. The van der Waals surface area contributed by atoms with Crippen LogP contribution in [0.1, 0.15) is 35.8 Å². The Hall–Kier alpha value is -1.65. The van der Waals surface area contributed by atoms with Crippen LogP contribution in [-0.2, 0) is 0 Å². The van der Waals surface area contributed by atoms with Crippen molar-refractivity contribution in [2.75, 3.05) is 5.73 Å². The molecular formula is C8H11N3O2. The van der Waals surface area contributed by atoms with Crippen molar-refractivity contribution in [3.05, 3.63) is 17.6 Å². The third kappa shape index (κ3) is 1.74. The zero-order valence-electron chi connectivity index (χ0n) is 7.48. The van der Waals surface area contributed by atoms with Crippen LogP contribution in [0.25, 0.3) is 0 Å². The molecule has 0 saturated carbocycles. The Labute approximate surface area is 75.6 Å². The quantitative estimate of drug-likeness (QED) is 0.706. The molecule has 13 heavy (non-hydrogen) atoms. The maximum absolute atomic E-state index is 10.7. The molecule has 5 heteroatoms. The van der Waals surface area contributed by atoms with E-state index >= 15 is 0 Å². The molecule has 1 aromatic rings.